The second-order valence-corrected chi connectivity index (χ2v) is 4.53. The Labute approximate surface area is 109 Å². The number of hydrogen-bond acceptors (Lipinski definition) is 3. The molecule has 4 heteroatoms. The first-order valence-electron chi connectivity index (χ1n) is 6.75. The number of aromatic nitrogens is 2. The molecule has 0 saturated heterocycles. The van der Waals surface area contributed by atoms with Crippen LogP contribution < -0.4 is 0 Å². The molecule has 18 heavy (non-hydrogen) atoms. The van der Waals surface area contributed by atoms with E-state index in [1.54, 1.807) is 7.11 Å². The molecule has 0 saturated carbocycles. The van der Waals surface area contributed by atoms with E-state index in [0.717, 1.165) is 18.5 Å². The second-order valence-electron chi connectivity index (χ2n) is 4.53. The minimum absolute atomic E-state index is 0.106. The highest BCUT2D eigenvalue weighted by Crippen LogP contribution is 2.15. The van der Waals surface area contributed by atoms with Gasteiger partial charge in [-0.3, -0.25) is 9.48 Å². The molecule has 102 valence electrons. The number of methoxy groups -OCH3 is 1. The average Bonchev–Trinajstić information content (AvgIpc) is 2.81. The molecule has 1 rings (SSSR count). The maximum atomic E-state index is 11.9. The molecule has 0 spiro atoms. The molecule has 0 aliphatic rings. The van der Waals surface area contributed by atoms with Crippen molar-refractivity contribution < 1.29 is 9.53 Å². The molecule has 1 aromatic rings. The Morgan fingerprint density at radius 3 is 2.50 bits per heavy atom. The zero-order valence-corrected chi connectivity index (χ0v) is 11.8. The van der Waals surface area contributed by atoms with E-state index < -0.39 is 0 Å². The van der Waals surface area contributed by atoms with Crippen molar-refractivity contribution in [1.29, 1.82) is 0 Å². The Hall–Kier alpha value is -1.16. The van der Waals surface area contributed by atoms with Crippen LogP contribution in [0, 0.1) is 0 Å². The minimum Gasteiger partial charge on any atom is -0.374 e. The van der Waals surface area contributed by atoms with Crippen LogP contribution in [0.15, 0.2) is 12.3 Å². The first-order valence-corrected chi connectivity index (χ1v) is 6.75. The summed E-state index contributed by atoms with van der Waals surface area (Å²) in [7, 11) is 1.58. The molecule has 1 unspecified atom stereocenters. The van der Waals surface area contributed by atoms with Gasteiger partial charge in [0, 0.05) is 13.3 Å². The van der Waals surface area contributed by atoms with Gasteiger partial charge in [-0.1, -0.05) is 20.8 Å². The summed E-state index contributed by atoms with van der Waals surface area (Å²) >= 11 is 0. The van der Waals surface area contributed by atoms with E-state index in [0.29, 0.717) is 18.9 Å². The van der Waals surface area contributed by atoms with Crippen molar-refractivity contribution in [3.63, 3.8) is 0 Å². The summed E-state index contributed by atoms with van der Waals surface area (Å²) in [5.41, 5.74) is 0.836. The van der Waals surface area contributed by atoms with E-state index in [9.17, 15) is 4.79 Å². The van der Waals surface area contributed by atoms with Crippen LogP contribution in [0.5, 0.6) is 0 Å². The number of ether oxygens (including phenoxy) is 1. The lowest BCUT2D eigenvalue weighted by Crippen LogP contribution is -2.24. The van der Waals surface area contributed by atoms with Gasteiger partial charge in [0.25, 0.3) is 0 Å². The second kappa shape index (κ2) is 7.31. The SMILES string of the molecule is CCC(OC)C(=O)Cc1ccn(C(CC)CC)n1. The highest BCUT2D eigenvalue weighted by atomic mass is 16.5. The van der Waals surface area contributed by atoms with Crippen LogP contribution in [0.4, 0.5) is 0 Å². The van der Waals surface area contributed by atoms with E-state index in [-0.39, 0.29) is 11.9 Å². The molecule has 4 nitrogen and oxygen atoms in total. The molecule has 0 radical (unpaired) electrons. The summed E-state index contributed by atoms with van der Waals surface area (Å²) in [6.45, 7) is 6.26. The number of ketones is 1. The lowest BCUT2D eigenvalue weighted by atomic mass is 10.1. The molecule has 1 atom stereocenters. The fraction of sp³-hybridized carbons (Fsp3) is 0.714. The fourth-order valence-electron chi connectivity index (χ4n) is 2.16. The zero-order valence-electron chi connectivity index (χ0n) is 11.8. The predicted molar refractivity (Wildman–Crippen MR) is 71.6 cm³/mol. The molecule has 0 aromatic carbocycles. The Morgan fingerprint density at radius 2 is 2.00 bits per heavy atom. The van der Waals surface area contributed by atoms with E-state index in [1.807, 2.05) is 23.9 Å². The van der Waals surface area contributed by atoms with Crippen LogP contribution in [0.3, 0.4) is 0 Å². The predicted octanol–water partition coefficient (Wildman–Crippen LogP) is 2.78. The Morgan fingerprint density at radius 1 is 1.33 bits per heavy atom. The van der Waals surface area contributed by atoms with Crippen molar-refractivity contribution in [2.24, 2.45) is 0 Å². The smallest absolute Gasteiger partial charge is 0.167 e. The molecular formula is C14H24N2O2. The van der Waals surface area contributed by atoms with Crippen molar-refractivity contribution in [2.75, 3.05) is 7.11 Å². The number of carbonyl (C=O) groups excluding carboxylic acids is 1. The monoisotopic (exact) mass is 252 g/mol. The van der Waals surface area contributed by atoms with Crippen LogP contribution in [-0.4, -0.2) is 28.8 Å². The van der Waals surface area contributed by atoms with Crippen LogP contribution in [0.1, 0.15) is 51.8 Å². The molecule has 0 aliphatic heterocycles. The normalized spacial score (nSPS) is 12.9. The Bertz CT molecular complexity index is 366. The highest BCUT2D eigenvalue weighted by molar-refractivity contribution is 5.84. The maximum Gasteiger partial charge on any atom is 0.167 e. The molecule has 0 N–H and O–H groups in total. The quantitative estimate of drug-likeness (QED) is 0.714. The average molecular weight is 252 g/mol. The van der Waals surface area contributed by atoms with Crippen molar-refractivity contribution in [3.05, 3.63) is 18.0 Å². The van der Waals surface area contributed by atoms with Gasteiger partial charge in [0.1, 0.15) is 6.10 Å². The highest BCUT2D eigenvalue weighted by Gasteiger charge is 2.17. The number of nitrogens with zero attached hydrogens (tertiary/aromatic N) is 2. The summed E-state index contributed by atoms with van der Waals surface area (Å²) < 4.78 is 7.11. The lowest BCUT2D eigenvalue weighted by molar-refractivity contribution is -0.128. The fourth-order valence-corrected chi connectivity index (χ4v) is 2.16. The van der Waals surface area contributed by atoms with E-state index in [2.05, 4.69) is 18.9 Å². The van der Waals surface area contributed by atoms with Crippen LogP contribution >= 0.6 is 0 Å². The molecule has 1 heterocycles. The molecule has 0 fully saturated rings. The van der Waals surface area contributed by atoms with Gasteiger partial charge >= 0.3 is 0 Å². The number of hydrogen-bond donors (Lipinski definition) is 0. The summed E-state index contributed by atoms with van der Waals surface area (Å²) in [5.74, 6) is 0.106. The third-order valence-electron chi connectivity index (χ3n) is 3.35. The summed E-state index contributed by atoms with van der Waals surface area (Å²) in [5, 5.41) is 4.48. The Balaban J connectivity index is 2.66. The van der Waals surface area contributed by atoms with Crippen molar-refractivity contribution in [2.45, 2.75) is 58.6 Å². The lowest BCUT2D eigenvalue weighted by Gasteiger charge is -2.13. The topological polar surface area (TPSA) is 44.1 Å². The molecule has 0 aliphatic carbocycles. The number of rotatable bonds is 8. The van der Waals surface area contributed by atoms with Gasteiger partial charge < -0.3 is 4.74 Å². The molecule has 0 amide bonds. The first-order chi connectivity index (χ1) is 8.65. The van der Waals surface area contributed by atoms with Gasteiger partial charge in [-0.2, -0.15) is 5.10 Å². The van der Waals surface area contributed by atoms with Crippen molar-refractivity contribution in [1.82, 2.24) is 9.78 Å². The van der Waals surface area contributed by atoms with E-state index in [4.69, 9.17) is 4.74 Å². The van der Waals surface area contributed by atoms with Crippen molar-refractivity contribution >= 4 is 5.78 Å². The van der Waals surface area contributed by atoms with Crippen LogP contribution in [0.25, 0.3) is 0 Å². The number of Topliss-reactive ketones (excluding diaryl/α,β-unsaturated/α-hetero) is 1. The summed E-state index contributed by atoms with van der Waals surface area (Å²) in [6.07, 6.45) is 4.85. The largest absolute Gasteiger partial charge is 0.374 e. The van der Waals surface area contributed by atoms with Crippen molar-refractivity contribution in [3.8, 4) is 0 Å². The molecular weight excluding hydrogens is 228 g/mol. The van der Waals surface area contributed by atoms with Gasteiger partial charge in [0.2, 0.25) is 0 Å². The summed E-state index contributed by atoms with van der Waals surface area (Å²) in [6, 6.07) is 2.36. The van der Waals surface area contributed by atoms with Gasteiger partial charge in [-0.05, 0) is 25.3 Å². The first kappa shape index (κ1) is 14.9. The Kier molecular flexibility index (Phi) is 6.05. The third kappa shape index (κ3) is 3.67. The van der Waals surface area contributed by atoms with Crippen LogP contribution in [-0.2, 0) is 16.0 Å². The summed E-state index contributed by atoms with van der Waals surface area (Å²) in [4.78, 5) is 11.9. The van der Waals surface area contributed by atoms with E-state index >= 15 is 0 Å². The minimum atomic E-state index is -0.303. The van der Waals surface area contributed by atoms with Gasteiger partial charge in [0.05, 0.1) is 18.2 Å². The molecule has 0 bridgehead atoms. The zero-order chi connectivity index (χ0) is 13.5. The third-order valence-corrected chi connectivity index (χ3v) is 3.35. The standard InChI is InChI=1S/C14H24N2O2/c1-5-12(6-2)16-9-8-11(15-16)10-13(17)14(7-3)18-4/h8-9,12,14H,5-7,10H2,1-4H3. The van der Waals surface area contributed by atoms with E-state index in [1.165, 1.54) is 0 Å². The van der Waals surface area contributed by atoms with Gasteiger partial charge in [-0.15, -0.1) is 0 Å². The van der Waals surface area contributed by atoms with Gasteiger partial charge in [-0.25, -0.2) is 0 Å². The maximum absolute atomic E-state index is 11.9. The number of carbonyl (C=O) groups is 1. The van der Waals surface area contributed by atoms with Crippen LogP contribution in [0.2, 0.25) is 0 Å². The molecule has 1 aromatic heterocycles. The van der Waals surface area contributed by atoms with Gasteiger partial charge in [0.15, 0.2) is 5.78 Å².